The highest BCUT2D eigenvalue weighted by Crippen LogP contribution is 2.44. The average molecular weight is 1200 g/mol. The Bertz CT molecular complexity index is 4360. The molecule has 1 aliphatic heterocycles. The highest BCUT2D eigenvalue weighted by molar-refractivity contribution is 9.11. The molecule has 0 N–H and O–H groups in total. The van der Waals surface area contributed by atoms with Gasteiger partial charge in [-0.05, 0) is 184 Å². The van der Waals surface area contributed by atoms with Crippen molar-refractivity contribution in [2.24, 2.45) is 0 Å². The molecule has 4 nitrogen and oxygen atoms in total. The first-order valence-corrected chi connectivity index (χ1v) is 28.7. The third-order valence-electron chi connectivity index (χ3n) is 15.9. The summed E-state index contributed by atoms with van der Waals surface area (Å²) in [7, 11) is -0.363. The second-order valence-corrected chi connectivity index (χ2v) is 23.4. The topological polar surface area (TPSA) is 28.3 Å². The summed E-state index contributed by atoms with van der Waals surface area (Å²) in [4.78, 5) is 0. The standard InChI is InChI=1S/C32H20BrN.C24H24BNO2.C14H8Br2/c33-32-27-16-3-1-14-25(27)31(26-15-2-4-17-28(26)32)21-10-9-11-22(20-21)34-29-18-7-5-12-23(29)24-13-6-8-19-30(24)34;1-23(2)24(3,4)28-25(27-23)17-10-9-11-18(16-17)26-21-14-7-5-12-19(21)20-13-6-8-15-22(20)26;15-13-9-5-1-2-6-10(9)14(16)12-8-4-3-7-11(12)13/h1-20H;5-16H,1-4H3;1-8H. The van der Waals surface area contributed by atoms with Gasteiger partial charge in [0.05, 0.1) is 33.3 Å². The molecule has 78 heavy (non-hydrogen) atoms. The summed E-state index contributed by atoms with van der Waals surface area (Å²) in [5.74, 6) is 0. The van der Waals surface area contributed by atoms with Gasteiger partial charge < -0.3 is 18.4 Å². The maximum absolute atomic E-state index is 6.27. The Morgan fingerprint density at radius 2 is 0.590 bits per heavy atom. The number of rotatable bonds is 4. The van der Waals surface area contributed by atoms with Crippen LogP contribution in [0.15, 0.2) is 256 Å². The first-order valence-electron chi connectivity index (χ1n) is 26.3. The van der Waals surface area contributed by atoms with Gasteiger partial charge in [-0.25, -0.2) is 0 Å². The SMILES string of the molecule is Brc1c2ccccc2c(-c2cccc(-n3c4ccccc4c4ccccc43)c2)c2ccccc12.Brc1c2ccccc2c(Br)c2ccccc12.CC1(C)OB(c2cccc(-n3c4ccccc4c4ccccc43)c2)OC1(C)C. The summed E-state index contributed by atoms with van der Waals surface area (Å²) in [6, 6.07) is 86.1. The Labute approximate surface area is 479 Å². The minimum absolute atomic E-state index is 0.347. The van der Waals surface area contributed by atoms with Crippen molar-refractivity contribution < 1.29 is 9.31 Å². The van der Waals surface area contributed by atoms with Crippen LogP contribution >= 0.6 is 47.8 Å². The van der Waals surface area contributed by atoms with E-state index in [1.165, 1.54) is 112 Å². The molecule has 1 fully saturated rings. The molecular formula is C70H52BBr3N2O2. The van der Waals surface area contributed by atoms with E-state index in [2.05, 4.69) is 327 Å². The number of fused-ring (bicyclic) bond motifs is 10. The lowest BCUT2D eigenvalue weighted by atomic mass is 9.79. The second-order valence-electron chi connectivity index (χ2n) is 21.0. The lowest BCUT2D eigenvalue weighted by Gasteiger charge is -2.32. The fourth-order valence-corrected chi connectivity index (χ4v) is 13.5. The van der Waals surface area contributed by atoms with Gasteiger partial charge in [0.15, 0.2) is 0 Å². The third kappa shape index (κ3) is 8.57. The van der Waals surface area contributed by atoms with Crippen molar-refractivity contribution in [1.82, 2.24) is 9.13 Å². The van der Waals surface area contributed by atoms with Crippen molar-refractivity contribution in [1.29, 1.82) is 0 Å². The highest BCUT2D eigenvalue weighted by Gasteiger charge is 2.51. The van der Waals surface area contributed by atoms with Crippen LogP contribution in [0.5, 0.6) is 0 Å². The van der Waals surface area contributed by atoms with Gasteiger partial charge in [0.2, 0.25) is 0 Å². The Hall–Kier alpha value is -7.30. The fraction of sp³-hybridized carbons (Fsp3) is 0.0857. The summed E-state index contributed by atoms with van der Waals surface area (Å²) in [6.07, 6.45) is 0. The largest absolute Gasteiger partial charge is 0.494 e. The number of hydrogen-bond donors (Lipinski definition) is 0. The van der Waals surface area contributed by atoms with Crippen LogP contribution in [0, 0.1) is 0 Å². The van der Waals surface area contributed by atoms with Gasteiger partial charge in [0.1, 0.15) is 0 Å². The van der Waals surface area contributed by atoms with Crippen LogP contribution in [0.25, 0.3) is 109 Å². The monoisotopic (exact) mass is 1200 g/mol. The molecule has 1 saturated heterocycles. The molecule has 378 valence electrons. The minimum Gasteiger partial charge on any atom is -0.399 e. The van der Waals surface area contributed by atoms with Crippen LogP contribution in [0.3, 0.4) is 0 Å². The van der Waals surface area contributed by atoms with E-state index in [1.807, 2.05) is 0 Å². The molecule has 0 unspecified atom stereocenters. The van der Waals surface area contributed by atoms with E-state index >= 15 is 0 Å². The Morgan fingerprint density at radius 3 is 0.949 bits per heavy atom. The molecule has 14 aromatic rings. The number of aromatic nitrogens is 2. The third-order valence-corrected chi connectivity index (χ3v) is 18.4. The minimum atomic E-state index is -0.363. The fourth-order valence-electron chi connectivity index (χ4n) is 11.4. The van der Waals surface area contributed by atoms with Gasteiger partial charge >= 0.3 is 7.12 Å². The predicted molar refractivity (Wildman–Crippen MR) is 342 cm³/mol. The molecule has 0 radical (unpaired) electrons. The van der Waals surface area contributed by atoms with Crippen molar-refractivity contribution in [2.45, 2.75) is 38.9 Å². The van der Waals surface area contributed by atoms with Crippen LogP contribution in [0.2, 0.25) is 0 Å². The Balaban J connectivity index is 0.000000118. The lowest BCUT2D eigenvalue weighted by molar-refractivity contribution is 0.00578. The van der Waals surface area contributed by atoms with Gasteiger partial charge in [-0.1, -0.05) is 194 Å². The quantitative estimate of drug-likeness (QED) is 0.130. The van der Waals surface area contributed by atoms with Crippen molar-refractivity contribution in [2.75, 3.05) is 0 Å². The summed E-state index contributed by atoms with van der Waals surface area (Å²) in [5, 5.41) is 15.0. The van der Waals surface area contributed by atoms with Gasteiger partial charge in [0.25, 0.3) is 0 Å². The maximum Gasteiger partial charge on any atom is 0.494 e. The molecule has 1 aliphatic rings. The molecule has 0 aliphatic carbocycles. The number of halogens is 3. The summed E-state index contributed by atoms with van der Waals surface area (Å²) < 4.78 is 20.7. The zero-order chi connectivity index (χ0) is 53.3. The van der Waals surface area contributed by atoms with Crippen molar-refractivity contribution >= 4 is 147 Å². The molecule has 8 heteroatoms. The number of hydrogen-bond acceptors (Lipinski definition) is 2. The molecule has 0 amide bonds. The molecule has 0 atom stereocenters. The first-order chi connectivity index (χ1) is 38.0. The van der Waals surface area contributed by atoms with E-state index in [9.17, 15) is 0 Å². The van der Waals surface area contributed by atoms with Crippen molar-refractivity contribution in [3.8, 4) is 22.5 Å². The summed E-state index contributed by atoms with van der Waals surface area (Å²) in [6.45, 7) is 8.35. The molecule has 2 aromatic heterocycles. The van der Waals surface area contributed by atoms with Crippen molar-refractivity contribution in [3.63, 3.8) is 0 Å². The van der Waals surface area contributed by atoms with Gasteiger partial charge in [0, 0.05) is 46.3 Å². The van der Waals surface area contributed by atoms with Crippen LogP contribution in [0.4, 0.5) is 0 Å². The van der Waals surface area contributed by atoms with Crippen LogP contribution in [-0.2, 0) is 9.31 Å². The molecular weight excluding hydrogens is 1150 g/mol. The lowest BCUT2D eigenvalue weighted by Crippen LogP contribution is -2.41. The molecule has 12 aromatic carbocycles. The van der Waals surface area contributed by atoms with Gasteiger partial charge in [-0.2, -0.15) is 0 Å². The highest BCUT2D eigenvalue weighted by atomic mass is 79.9. The molecule has 3 heterocycles. The summed E-state index contributed by atoms with van der Waals surface area (Å²) >= 11 is 11.3. The van der Waals surface area contributed by atoms with E-state index < -0.39 is 0 Å². The van der Waals surface area contributed by atoms with E-state index in [4.69, 9.17) is 9.31 Å². The average Bonchev–Trinajstić information content (AvgIpc) is 4.23. The van der Waals surface area contributed by atoms with E-state index in [0.29, 0.717) is 0 Å². The Kier molecular flexibility index (Phi) is 13.0. The number of para-hydroxylation sites is 4. The maximum atomic E-state index is 6.27. The summed E-state index contributed by atoms with van der Waals surface area (Å²) in [5.41, 5.74) is 9.99. The van der Waals surface area contributed by atoms with Gasteiger partial charge in [-0.15, -0.1) is 0 Å². The first kappa shape index (κ1) is 50.2. The van der Waals surface area contributed by atoms with Crippen LogP contribution < -0.4 is 5.46 Å². The van der Waals surface area contributed by atoms with E-state index in [1.54, 1.807) is 0 Å². The zero-order valence-corrected chi connectivity index (χ0v) is 48.3. The van der Waals surface area contributed by atoms with Crippen molar-refractivity contribution in [3.05, 3.63) is 256 Å². The van der Waals surface area contributed by atoms with E-state index in [-0.39, 0.29) is 18.3 Å². The number of benzene rings is 12. The smallest absolute Gasteiger partial charge is 0.399 e. The Morgan fingerprint density at radius 1 is 0.308 bits per heavy atom. The molecule has 0 saturated carbocycles. The molecule has 0 spiro atoms. The second kappa shape index (κ2) is 20.2. The van der Waals surface area contributed by atoms with E-state index in [0.717, 1.165) is 15.6 Å². The molecule has 15 rings (SSSR count). The van der Waals surface area contributed by atoms with Gasteiger partial charge in [-0.3, -0.25) is 0 Å². The van der Waals surface area contributed by atoms with Crippen LogP contribution in [0.1, 0.15) is 27.7 Å². The zero-order valence-electron chi connectivity index (χ0n) is 43.5. The normalized spacial score (nSPS) is 13.9. The van der Waals surface area contributed by atoms with Crippen LogP contribution in [-0.4, -0.2) is 27.5 Å². The molecule has 0 bridgehead atoms. The number of nitrogens with zero attached hydrogens (tertiary/aromatic N) is 2. The predicted octanol–water partition coefficient (Wildman–Crippen LogP) is 20.1.